The van der Waals surface area contributed by atoms with Gasteiger partial charge in [-0.2, -0.15) is 0 Å². The predicted octanol–water partition coefficient (Wildman–Crippen LogP) is 2.30. The van der Waals surface area contributed by atoms with E-state index < -0.39 is 17.9 Å². The summed E-state index contributed by atoms with van der Waals surface area (Å²) in [5.74, 6) is -0.948. The number of carbonyl (C=O) groups excluding carboxylic acids is 2. The molecule has 0 aliphatic carbocycles. The van der Waals surface area contributed by atoms with E-state index in [1.165, 1.54) is 6.92 Å². The molecule has 2 aromatic carbocycles. The summed E-state index contributed by atoms with van der Waals surface area (Å²) in [6.45, 7) is 2.63. The maximum absolute atomic E-state index is 12.4. The highest BCUT2D eigenvalue weighted by Crippen LogP contribution is 2.28. The lowest BCUT2D eigenvalue weighted by Crippen LogP contribution is -2.37. The standard InChI is InChI=1S/C22H24N2O5/c1-15(25)24(14-16-5-3-2-4-6-16)11-9-20(26)23-21(22(27)28)18-7-8-19-17(13-18)10-12-29-19/h2-8,13,21H,9-12,14H2,1H3,(H,23,26)(H,27,28). The minimum Gasteiger partial charge on any atom is -0.493 e. The zero-order valence-corrected chi connectivity index (χ0v) is 16.3. The number of carboxylic acids is 1. The lowest BCUT2D eigenvalue weighted by Gasteiger charge is -2.22. The molecular formula is C22H24N2O5. The zero-order chi connectivity index (χ0) is 20.8. The average Bonchev–Trinajstić information content (AvgIpc) is 3.17. The molecule has 3 rings (SSSR count). The summed E-state index contributed by atoms with van der Waals surface area (Å²) in [7, 11) is 0. The average molecular weight is 396 g/mol. The van der Waals surface area contributed by atoms with Crippen LogP contribution in [0.4, 0.5) is 0 Å². The van der Waals surface area contributed by atoms with E-state index in [2.05, 4.69) is 5.32 Å². The van der Waals surface area contributed by atoms with Gasteiger partial charge in [0.2, 0.25) is 11.8 Å². The molecule has 1 heterocycles. The van der Waals surface area contributed by atoms with Crippen molar-refractivity contribution in [1.82, 2.24) is 10.2 Å². The fraction of sp³-hybridized carbons (Fsp3) is 0.318. The summed E-state index contributed by atoms with van der Waals surface area (Å²) in [6.07, 6.45) is 0.737. The molecule has 2 amide bonds. The number of aliphatic carboxylic acids is 1. The van der Waals surface area contributed by atoms with Crippen molar-refractivity contribution in [2.45, 2.75) is 32.4 Å². The Morgan fingerprint density at radius 1 is 1.17 bits per heavy atom. The van der Waals surface area contributed by atoms with E-state index in [9.17, 15) is 19.5 Å². The summed E-state index contributed by atoms with van der Waals surface area (Å²) in [5.41, 5.74) is 2.41. The highest BCUT2D eigenvalue weighted by molar-refractivity contribution is 5.85. The van der Waals surface area contributed by atoms with Crippen LogP contribution >= 0.6 is 0 Å². The van der Waals surface area contributed by atoms with Gasteiger partial charge in [0, 0.05) is 32.9 Å². The highest BCUT2D eigenvalue weighted by Gasteiger charge is 2.24. The van der Waals surface area contributed by atoms with Crippen LogP contribution in [0.1, 0.15) is 36.1 Å². The van der Waals surface area contributed by atoms with Gasteiger partial charge in [0.1, 0.15) is 5.75 Å². The molecule has 1 unspecified atom stereocenters. The number of rotatable bonds is 8. The van der Waals surface area contributed by atoms with Gasteiger partial charge in [-0.3, -0.25) is 9.59 Å². The fourth-order valence-electron chi connectivity index (χ4n) is 3.30. The molecule has 7 nitrogen and oxygen atoms in total. The monoisotopic (exact) mass is 396 g/mol. The summed E-state index contributed by atoms with van der Waals surface area (Å²) in [4.78, 5) is 37.6. The van der Waals surface area contributed by atoms with Gasteiger partial charge in [-0.1, -0.05) is 36.4 Å². The molecule has 0 radical (unpaired) electrons. The summed E-state index contributed by atoms with van der Waals surface area (Å²) in [5, 5.41) is 12.1. The van der Waals surface area contributed by atoms with E-state index in [1.54, 1.807) is 23.1 Å². The Hall–Kier alpha value is -3.35. The fourth-order valence-corrected chi connectivity index (χ4v) is 3.30. The number of nitrogens with one attached hydrogen (secondary N) is 1. The Labute approximate surface area is 169 Å². The number of carboxylic acid groups (broad SMARTS) is 1. The number of nitrogens with zero attached hydrogens (tertiary/aromatic N) is 1. The minimum absolute atomic E-state index is 0.0181. The Balaban J connectivity index is 1.61. The molecule has 0 saturated carbocycles. The summed E-state index contributed by atoms with van der Waals surface area (Å²) in [6, 6.07) is 13.5. The third kappa shape index (κ3) is 5.34. The van der Waals surface area contributed by atoms with Gasteiger partial charge in [-0.25, -0.2) is 4.79 Å². The molecular weight excluding hydrogens is 372 g/mol. The topological polar surface area (TPSA) is 95.9 Å². The Bertz CT molecular complexity index is 897. The smallest absolute Gasteiger partial charge is 0.330 e. The van der Waals surface area contributed by atoms with Crippen LogP contribution in [0.2, 0.25) is 0 Å². The van der Waals surface area contributed by atoms with E-state index in [4.69, 9.17) is 4.74 Å². The van der Waals surface area contributed by atoms with Crippen LogP contribution in [0.25, 0.3) is 0 Å². The second-order valence-corrected chi connectivity index (χ2v) is 6.98. The molecule has 1 aliphatic rings. The van der Waals surface area contributed by atoms with Crippen LogP contribution in [0.15, 0.2) is 48.5 Å². The number of carbonyl (C=O) groups is 3. The first-order chi connectivity index (χ1) is 13.9. The first-order valence-electron chi connectivity index (χ1n) is 9.51. The van der Waals surface area contributed by atoms with E-state index in [0.29, 0.717) is 18.7 Å². The zero-order valence-electron chi connectivity index (χ0n) is 16.3. The van der Waals surface area contributed by atoms with Crippen molar-refractivity contribution in [2.75, 3.05) is 13.2 Å². The molecule has 152 valence electrons. The molecule has 29 heavy (non-hydrogen) atoms. The lowest BCUT2D eigenvalue weighted by atomic mass is 10.0. The van der Waals surface area contributed by atoms with Crippen LogP contribution in [0.5, 0.6) is 5.75 Å². The maximum atomic E-state index is 12.4. The van der Waals surface area contributed by atoms with Gasteiger partial charge in [-0.05, 0) is 28.8 Å². The SMILES string of the molecule is CC(=O)N(CCC(=O)NC(C(=O)O)c1ccc2c(c1)CCO2)Cc1ccccc1. The Morgan fingerprint density at radius 3 is 2.62 bits per heavy atom. The molecule has 0 aromatic heterocycles. The Morgan fingerprint density at radius 2 is 1.93 bits per heavy atom. The van der Waals surface area contributed by atoms with Crippen molar-refractivity contribution >= 4 is 17.8 Å². The van der Waals surface area contributed by atoms with Crippen molar-refractivity contribution in [3.63, 3.8) is 0 Å². The van der Waals surface area contributed by atoms with Crippen molar-refractivity contribution in [3.05, 3.63) is 65.2 Å². The quantitative estimate of drug-likeness (QED) is 0.714. The lowest BCUT2D eigenvalue weighted by molar-refractivity contribution is -0.142. The second-order valence-electron chi connectivity index (χ2n) is 6.98. The van der Waals surface area contributed by atoms with E-state index in [-0.39, 0.29) is 18.9 Å². The largest absolute Gasteiger partial charge is 0.493 e. The van der Waals surface area contributed by atoms with Gasteiger partial charge >= 0.3 is 5.97 Å². The number of ether oxygens (including phenoxy) is 1. The molecule has 0 fully saturated rings. The number of hydrogen-bond donors (Lipinski definition) is 2. The number of benzene rings is 2. The first-order valence-corrected chi connectivity index (χ1v) is 9.51. The molecule has 2 N–H and O–H groups in total. The van der Waals surface area contributed by atoms with E-state index in [1.807, 2.05) is 30.3 Å². The van der Waals surface area contributed by atoms with Crippen molar-refractivity contribution in [1.29, 1.82) is 0 Å². The molecule has 0 spiro atoms. The summed E-state index contributed by atoms with van der Waals surface area (Å²) < 4.78 is 5.44. The normalized spacial score (nSPS) is 13.1. The van der Waals surface area contributed by atoms with E-state index in [0.717, 1.165) is 23.3 Å². The Kier molecular flexibility index (Phi) is 6.49. The van der Waals surface area contributed by atoms with Crippen LogP contribution in [0.3, 0.4) is 0 Å². The first kappa shape index (κ1) is 20.4. The van der Waals surface area contributed by atoms with Gasteiger partial charge < -0.3 is 20.1 Å². The number of fused-ring (bicyclic) bond motifs is 1. The molecule has 1 aliphatic heterocycles. The minimum atomic E-state index is -1.15. The van der Waals surface area contributed by atoms with Gasteiger partial charge in [-0.15, -0.1) is 0 Å². The van der Waals surface area contributed by atoms with Crippen LogP contribution in [0, 0.1) is 0 Å². The van der Waals surface area contributed by atoms with Crippen molar-refractivity contribution < 1.29 is 24.2 Å². The highest BCUT2D eigenvalue weighted by atomic mass is 16.5. The number of amides is 2. The number of hydrogen-bond acceptors (Lipinski definition) is 4. The molecule has 7 heteroatoms. The van der Waals surface area contributed by atoms with Gasteiger partial charge in [0.05, 0.1) is 6.61 Å². The third-order valence-electron chi connectivity index (χ3n) is 4.87. The van der Waals surface area contributed by atoms with Gasteiger partial charge in [0.25, 0.3) is 0 Å². The van der Waals surface area contributed by atoms with Crippen molar-refractivity contribution in [3.8, 4) is 5.75 Å². The molecule has 0 saturated heterocycles. The molecule has 1 atom stereocenters. The predicted molar refractivity (Wildman–Crippen MR) is 106 cm³/mol. The molecule has 2 aromatic rings. The van der Waals surface area contributed by atoms with E-state index >= 15 is 0 Å². The van der Waals surface area contributed by atoms with Crippen LogP contribution in [-0.2, 0) is 27.3 Å². The van der Waals surface area contributed by atoms with Crippen LogP contribution in [-0.4, -0.2) is 40.9 Å². The molecule has 0 bridgehead atoms. The maximum Gasteiger partial charge on any atom is 0.330 e. The second kappa shape index (κ2) is 9.23. The summed E-state index contributed by atoms with van der Waals surface area (Å²) >= 11 is 0. The van der Waals surface area contributed by atoms with Crippen molar-refractivity contribution in [2.24, 2.45) is 0 Å². The van der Waals surface area contributed by atoms with Gasteiger partial charge in [0.15, 0.2) is 6.04 Å². The van der Waals surface area contributed by atoms with Crippen LogP contribution < -0.4 is 10.1 Å². The third-order valence-corrected chi connectivity index (χ3v) is 4.87.